The molecule has 1 saturated heterocycles. The molecule has 1 N–H and O–H groups in total. The summed E-state index contributed by atoms with van der Waals surface area (Å²) in [5.41, 5.74) is 2.82. The molecule has 1 aromatic rings. The Labute approximate surface area is 113 Å². The second kappa shape index (κ2) is 5.87. The van der Waals surface area contributed by atoms with Gasteiger partial charge < -0.3 is 10.2 Å². The third-order valence-electron chi connectivity index (χ3n) is 3.47. The number of aryl methyl sites for hydroxylation is 2. The Morgan fingerprint density at radius 1 is 1.11 bits per heavy atom. The predicted octanol–water partition coefficient (Wildman–Crippen LogP) is 2.25. The molecule has 0 aliphatic carbocycles. The molecule has 0 radical (unpaired) electrons. The zero-order valence-electron chi connectivity index (χ0n) is 11.5. The van der Waals surface area contributed by atoms with Gasteiger partial charge >= 0.3 is 11.8 Å². The first-order valence-corrected chi connectivity index (χ1v) is 6.75. The van der Waals surface area contributed by atoms with E-state index in [1.54, 1.807) is 4.90 Å². The van der Waals surface area contributed by atoms with Crippen LogP contribution in [-0.2, 0) is 9.59 Å². The summed E-state index contributed by atoms with van der Waals surface area (Å²) in [6, 6.07) is 5.75. The minimum atomic E-state index is -0.533. The van der Waals surface area contributed by atoms with E-state index in [4.69, 9.17) is 0 Å². The minimum Gasteiger partial charge on any atom is -0.334 e. The topological polar surface area (TPSA) is 49.4 Å². The Morgan fingerprint density at radius 2 is 1.79 bits per heavy atom. The van der Waals surface area contributed by atoms with E-state index in [0.29, 0.717) is 18.8 Å². The van der Waals surface area contributed by atoms with E-state index in [0.717, 1.165) is 30.4 Å². The van der Waals surface area contributed by atoms with Crippen molar-refractivity contribution < 1.29 is 9.59 Å². The molecule has 4 nitrogen and oxygen atoms in total. The predicted molar refractivity (Wildman–Crippen MR) is 75.0 cm³/mol. The Kier molecular flexibility index (Phi) is 4.20. The molecule has 2 amide bonds. The number of likely N-dealkylation sites (tertiary alicyclic amines) is 1. The van der Waals surface area contributed by atoms with Gasteiger partial charge in [-0.25, -0.2) is 0 Å². The maximum atomic E-state index is 12.0. The molecular weight excluding hydrogens is 240 g/mol. The molecule has 0 spiro atoms. The van der Waals surface area contributed by atoms with Crippen LogP contribution in [0.25, 0.3) is 0 Å². The fraction of sp³-hybridized carbons (Fsp3) is 0.467. The molecule has 0 atom stereocenters. The van der Waals surface area contributed by atoms with Gasteiger partial charge in [0.1, 0.15) is 0 Å². The summed E-state index contributed by atoms with van der Waals surface area (Å²) < 4.78 is 0. The maximum absolute atomic E-state index is 12.0. The lowest BCUT2D eigenvalue weighted by molar-refractivity contribution is -0.143. The Morgan fingerprint density at radius 3 is 2.42 bits per heavy atom. The second-order valence-corrected chi connectivity index (χ2v) is 5.13. The van der Waals surface area contributed by atoms with E-state index >= 15 is 0 Å². The summed E-state index contributed by atoms with van der Waals surface area (Å²) >= 11 is 0. The number of nitrogens with zero attached hydrogens (tertiary/aromatic N) is 1. The van der Waals surface area contributed by atoms with Gasteiger partial charge in [0.2, 0.25) is 0 Å². The fourth-order valence-corrected chi connectivity index (χ4v) is 2.37. The smallest absolute Gasteiger partial charge is 0.313 e. The molecule has 19 heavy (non-hydrogen) atoms. The van der Waals surface area contributed by atoms with Gasteiger partial charge in [0.05, 0.1) is 0 Å². The van der Waals surface area contributed by atoms with Crippen molar-refractivity contribution in [2.45, 2.75) is 33.1 Å². The van der Waals surface area contributed by atoms with Crippen LogP contribution in [0.15, 0.2) is 18.2 Å². The second-order valence-electron chi connectivity index (χ2n) is 5.13. The van der Waals surface area contributed by atoms with Crippen LogP contribution < -0.4 is 5.32 Å². The Balaban J connectivity index is 2.01. The lowest BCUT2D eigenvalue weighted by Gasteiger charge is -2.26. The highest BCUT2D eigenvalue weighted by Crippen LogP contribution is 2.16. The fourth-order valence-electron chi connectivity index (χ4n) is 2.37. The SMILES string of the molecule is Cc1ccc(NC(=O)C(=O)N2CCCCC2)c(C)c1. The van der Waals surface area contributed by atoms with Crippen LogP contribution in [0.2, 0.25) is 0 Å². The van der Waals surface area contributed by atoms with E-state index in [-0.39, 0.29) is 0 Å². The quantitative estimate of drug-likeness (QED) is 0.787. The molecule has 1 aliphatic rings. The van der Waals surface area contributed by atoms with E-state index in [2.05, 4.69) is 5.32 Å². The molecule has 0 unspecified atom stereocenters. The third kappa shape index (κ3) is 3.34. The number of anilines is 1. The number of nitrogens with one attached hydrogen (secondary N) is 1. The summed E-state index contributed by atoms with van der Waals surface area (Å²) in [5, 5.41) is 2.70. The number of hydrogen-bond acceptors (Lipinski definition) is 2. The van der Waals surface area contributed by atoms with Crippen LogP contribution in [-0.4, -0.2) is 29.8 Å². The van der Waals surface area contributed by atoms with Gasteiger partial charge in [0.15, 0.2) is 0 Å². The minimum absolute atomic E-state index is 0.417. The highest BCUT2D eigenvalue weighted by molar-refractivity contribution is 6.39. The molecule has 1 aromatic carbocycles. The molecule has 4 heteroatoms. The van der Waals surface area contributed by atoms with Crippen molar-refractivity contribution in [2.24, 2.45) is 0 Å². The van der Waals surface area contributed by atoms with Crippen molar-refractivity contribution in [3.8, 4) is 0 Å². The number of amides is 2. The Hall–Kier alpha value is -1.84. The molecule has 2 rings (SSSR count). The van der Waals surface area contributed by atoms with Crippen LogP contribution in [0.5, 0.6) is 0 Å². The summed E-state index contributed by atoms with van der Waals surface area (Å²) in [5.74, 6) is -0.950. The largest absolute Gasteiger partial charge is 0.334 e. The lowest BCUT2D eigenvalue weighted by atomic mass is 10.1. The zero-order valence-corrected chi connectivity index (χ0v) is 11.5. The van der Waals surface area contributed by atoms with Gasteiger partial charge in [-0.3, -0.25) is 9.59 Å². The highest BCUT2D eigenvalue weighted by atomic mass is 16.2. The highest BCUT2D eigenvalue weighted by Gasteiger charge is 2.23. The van der Waals surface area contributed by atoms with Gasteiger partial charge in [0, 0.05) is 18.8 Å². The number of piperidine rings is 1. The van der Waals surface area contributed by atoms with E-state index in [1.165, 1.54) is 0 Å². The van der Waals surface area contributed by atoms with Gasteiger partial charge in [-0.05, 0) is 44.7 Å². The van der Waals surface area contributed by atoms with Crippen LogP contribution in [0, 0.1) is 13.8 Å². The monoisotopic (exact) mass is 260 g/mol. The zero-order chi connectivity index (χ0) is 13.8. The van der Waals surface area contributed by atoms with Crippen molar-refractivity contribution >= 4 is 17.5 Å². The van der Waals surface area contributed by atoms with E-state index < -0.39 is 11.8 Å². The average Bonchev–Trinajstić information content (AvgIpc) is 2.42. The van der Waals surface area contributed by atoms with Crippen molar-refractivity contribution in [1.82, 2.24) is 4.90 Å². The molecule has 0 saturated carbocycles. The number of benzene rings is 1. The van der Waals surface area contributed by atoms with Crippen LogP contribution in [0.3, 0.4) is 0 Å². The van der Waals surface area contributed by atoms with Crippen molar-refractivity contribution in [1.29, 1.82) is 0 Å². The van der Waals surface area contributed by atoms with Crippen molar-refractivity contribution in [3.63, 3.8) is 0 Å². The normalized spacial score (nSPS) is 15.2. The van der Waals surface area contributed by atoms with Crippen LogP contribution in [0.1, 0.15) is 30.4 Å². The summed E-state index contributed by atoms with van der Waals surface area (Å²) in [6.45, 7) is 5.31. The summed E-state index contributed by atoms with van der Waals surface area (Å²) in [6.07, 6.45) is 3.12. The molecule has 1 aliphatic heterocycles. The number of carbonyl (C=O) groups excluding carboxylic acids is 2. The first-order valence-electron chi connectivity index (χ1n) is 6.75. The van der Waals surface area contributed by atoms with Gasteiger partial charge in [0.25, 0.3) is 0 Å². The van der Waals surface area contributed by atoms with Gasteiger partial charge in [-0.1, -0.05) is 17.7 Å². The lowest BCUT2D eigenvalue weighted by Crippen LogP contribution is -2.42. The third-order valence-corrected chi connectivity index (χ3v) is 3.47. The maximum Gasteiger partial charge on any atom is 0.313 e. The van der Waals surface area contributed by atoms with Crippen molar-refractivity contribution in [2.75, 3.05) is 18.4 Å². The van der Waals surface area contributed by atoms with Crippen molar-refractivity contribution in [3.05, 3.63) is 29.3 Å². The summed E-state index contributed by atoms with van der Waals surface area (Å²) in [4.78, 5) is 25.6. The number of hydrogen-bond donors (Lipinski definition) is 1. The molecule has 1 heterocycles. The molecule has 1 fully saturated rings. The van der Waals surface area contributed by atoms with E-state index in [9.17, 15) is 9.59 Å². The molecule has 0 aromatic heterocycles. The molecule has 102 valence electrons. The van der Waals surface area contributed by atoms with Gasteiger partial charge in [-0.2, -0.15) is 0 Å². The number of carbonyl (C=O) groups is 2. The van der Waals surface area contributed by atoms with Crippen LogP contribution >= 0.6 is 0 Å². The molecular formula is C15H20N2O2. The Bertz CT molecular complexity index is 491. The number of rotatable bonds is 1. The summed E-state index contributed by atoms with van der Waals surface area (Å²) in [7, 11) is 0. The standard InChI is InChI=1S/C15H20N2O2/c1-11-6-7-13(12(2)10-11)16-14(18)15(19)17-8-4-3-5-9-17/h6-7,10H,3-5,8-9H2,1-2H3,(H,16,18). The first kappa shape index (κ1) is 13.6. The average molecular weight is 260 g/mol. The first-order chi connectivity index (χ1) is 9.08. The van der Waals surface area contributed by atoms with Gasteiger partial charge in [-0.15, -0.1) is 0 Å². The molecule has 0 bridgehead atoms. The van der Waals surface area contributed by atoms with Crippen LogP contribution in [0.4, 0.5) is 5.69 Å². The van der Waals surface area contributed by atoms with E-state index in [1.807, 2.05) is 32.0 Å².